The summed E-state index contributed by atoms with van der Waals surface area (Å²) in [7, 11) is 4.23. The Morgan fingerprint density at radius 3 is 1.25 bits per heavy atom. The molecule has 0 radical (unpaired) electrons. The van der Waals surface area contributed by atoms with Crippen molar-refractivity contribution >= 4 is 11.6 Å². The van der Waals surface area contributed by atoms with Gasteiger partial charge in [-0.2, -0.15) is 0 Å². The minimum atomic E-state index is -0.0625. The van der Waals surface area contributed by atoms with Crippen LogP contribution in [0.3, 0.4) is 0 Å². The number of hydrogen-bond acceptors (Lipinski definition) is 4. The molecule has 2 saturated carbocycles. The highest BCUT2D eigenvalue weighted by molar-refractivity contribution is 5.96. The lowest BCUT2D eigenvalue weighted by atomic mass is 9.76. The molecule has 0 spiro atoms. The Balaban J connectivity index is 0.000000351. The Bertz CT molecular complexity index is 334. The highest BCUT2D eigenvalue weighted by atomic mass is 16.1. The minimum absolute atomic E-state index is 0.0625. The lowest BCUT2D eigenvalue weighted by molar-refractivity contribution is -0.124. The molecule has 2 aliphatic carbocycles. The van der Waals surface area contributed by atoms with Gasteiger partial charge in [-0.15, -0.1) is 0 Å². The Hall–Kier alpha value is -0.740. The van der Waals surface area contributed by atoms with Gasteiger partial charge in [0.15, 0.2) is 0 Å². The second-order valence-corrected chi connectivity index (χ2v) is 7.83. The zero-order valence-corrected chi connectivity index (χ0v) is 16.2. The largest absolute Gasteiger partial charge is 0.317 e. The summed E-state index contributed by atoms with van der Waals surface area (Å²) in [6.45, 7) is 2.81. The van der Waals surface area contributed by atoms with Crippen LogP contribution in [0.25, 0.3) is 0 Å². The van der Waals surface area contributed by atoms with Crippen molar-refractivity contribution in [3.05, 3.63) is 0 Å². The summed E-state index contributed by atoms with van der Waals surface area (Å²) in [4.78, 5) is 20.1. The third kappa shape index (κ3) is 8.93. The Kier molecular flexibility index (Phi) is 10.4. The number of carbonyl (C=O) groups excluding carboxylic acids is 2. The highest BCUT2D eigenvalue weighted by Gasteiger charge is 2.25. The van der Waals surface area contributed by atoms with Gasteiger partial charge in [-0.05, 0) is 97.6 Å². The van der Waals surface area contributed by atoms with Gasteiger partial charge in [-0.1, -0.05) is 0 Å². The maximum atomic E-state index is 10.0. The molecule has 0 aromatic heterocycles. The first-order valence-electron chi connectivity index (χ1n) is 9.78. The van der Waals surface area contributed by atoms with Gasteiger partial charge in [-0.25, -0.2) is 0 Å². The monoisotopic (exact) mass is 338 g/mol. The summed E-state index contributed by atoms with van der Waals surface area (Å²) in [5.41, 5.74) is 0. The zero-order chi connectivity index (χ0) is 17.9. The van der Waals surface area contributed by atoms with E-state index in [0.717, 1.165) is 23.9 Å². The SMILES string of the molecule is CC(=O)CC(C)=O.CNC1CCC(CC2CCC(NC)CC2)CC1. The van der Waals surface area contributed by atoms with Crippen molar-refractivity contribution in [1.29, 1.82) is 0 Å². The van der Waals surface area contributed by atoms with E-state index in [1.165, 1.54) is 71.6 Å². The molecule has 0 aromatic rings. The van der Waals surface area contributed by atoms with Crippen molar-refractivity contribution in [2.75, 3.05) is 14.1 Å². The summed E-state index contributed by atoms with van der Waals surface area (Å²) in [6.07, 6.45) is 13.1. The molecule has 0 aliphatic heterocycles. The number of hydrogen-bond donors (Lipinski definition) is 2. The van der Waals surface area contributed by atoms with E-state index in [1.807, 2.05) is 0 Å². The predicted octanol–water partition coefficient (Wildman–Crippen LogP) is 3.49. The smallest absolute Gasteiger partial charge is 0.137 e. The van der Waals surface area contributed by atoms with E-state index in [0.29, 0.717) is 0 Å². The standard InChI is InChI=1S/C15H30N2.C5H8O2/c1-16-14-7-3-12(4-8-14)11-13-5-9-15(17-2)10-6-13;1-4(6)3-5(2)7/h12-17H,3-11H2,1-2H3;3H2,1-2H3. The Morgan fingerprint density at radius 1 is 0.708 bits per heavy atom. The number of rotatable bonds is 6. The summed E-state index contributed by atoms with van der Waals surface area (Å²) < 4.78 is 0. The van der Waals surface area contributed by atoms with E-state index < -0.39 is 0 Å². The molecule has 2 aliphatic rings. The van der Waals surface area contributed by atoms with Gasteiger partial charge in [0, 0.05) is 12.1 Å². The first kappa shape index (κ1) is 21.3. The summed E-state index contributed by atoms with van der Waals surface area (Å²) >= 11 is 0. The van der Waals surface area contributed by atoms with E-state index in [2.05, 4.69) is 24.7 Å². The normalized spacial score (nSPS) is 30.2. The molecule has 140 valence electrons. The van der Waals surface area contributed by atoms with Crippen LogP contribution in [0.15, 0.2) is 0 Å². The molecule has 2 fully saturated rings. The van der Waals surface area contributed by atoms with E-state index in [1.54, 1.807) is 0 Å². The molecule has 24 heavy (non-hydrogen) atoms. The van der Waals surface area contributed by atoms with Crippen LogP contribution in [0, 0.1) is 11.8 Å². The Labute approximate surface area is 148 Å². The fourth-order valence-corrected chi connectivity index (χ4v) is 4.20. The van der Waals surface area contributed by atoms with E-state index in [4.69, 9.17) is 0 Å². The molecule has 0 aromatic carbocycles. The predicted molar refractivity (Wildman–Crippen MR) is 100 cm³/mol. The van der Waals surface area contributed by atoms with Crippen LogP contribution in [0.5, 0.6) is 0 Å². The summed E-state index contributed by atoms with van der Waals surface area (Å²) in [5.74, 6) is 1.95. The third-order valence-corrected chi connectivity index (χ3v) is 5.67. The van der Waals surface area contributed by atoms with Crippen LogP contribution in [0.1, 0.15) is 78.1 Å². The van der Waals surface area contributed by atoms with Crippen molar-refractivity contribution in [2.45, 2.75) is 90.1 Å². The van der Waals surface area contributed by atoms with Crippen molar-refractivity contribution in [3.8, 4) is 0 Å². The minimum Gasteiger partial charge on any atom is -0.317 e. The number of carbonyl (C=O) groups is 2. The van der Waals surface area contributed by atoms with Gasteiger partial charge < -0.3 is 10.6 Å². The van der Waals surface area contributed by atoms with E-state index in [-0.39, 0.29) is 18.0 Å². The van der Waals surface area contributed by atoms with Gasteiger partial charge in [0.2, 0.25) is 0 Å². The van der Waals surface area contributed by atoms with Crippen molar-refractivity contribution in [2.24, 2.45) is 11.8 Å². The zero-order valence-electron chi connectivity index (χ0n) is 16.2. The van der Waals surface area contributed by atoms with Crippen LogP contribution >= 0.6 is 0 Å². The van der Waals surface area contributed by atoms with Gasteiger partial charge >= 0.3 is 0 Å². The van der Waals surface area contributed by atoms with E-state index >= 15 is 0 Å². The van der Waals surface area contributed by atoms with Gasteiger partial charge in [0.25, 0.3) is 0 Å². The van der Waals surface area contributed by atoms with Gasteiger partial charge in [0.05, 0.1) is 6.42 Å². The molecule has 0 atom stereocenters. The molecule has 0 saturated heterocycles. The highest BCUT2D eigenvalue weighted by Crippen LogP contribution is 2.35. The molecule has 0 bridgehead atoms. The molecule has 0 unspecified atom stereocenters. The van der Waals surface area contributed by atoms with Crippen LogP contribution in [0.4, 0.5) is 0 Å². The van der Waals surface area contributed by atoms with Crippen LogP contribution in [-0.4, -0.2) is 37.7 Å². The molecular weight excluding hydrogens is 300 g/mol. The average molecular weight is 339 g/mol. The number of nitrogens with one attached hydrogen (secondary N) is 2. The quantitative estimate of drug-likeness (QED) is 0.728. The number of Topliss-reactive ketones (excluding diaryl/α,β-unsaturated/α-hetero) is 2. The maximum Gasteiger partial charge on any atom is 0.137 e. The number of ketones is 2. The third-order valence-electron chi connectivity index (χ3n) is 5.67. The molecule has 0 amide bonds. The maximum absolute atomic E-state index is 10.0. The van der Waals surface area contributed by atoms with Crippen molar-refractivity contribution in [3.63, 3.8) is 0 Å². The summed E-state index contributed by atoms with van der Waals surface area (Å²) in [5, 5.41) is 6.87. The fourth-order valence-electron chi connectivity index (χ4n) is 4.20. The van der Waals surface area contributed by atoms with Crippen molar-refractivity contribution < 1.29 is 9.59 Å². The molecule has 2 N–H and O–H groups in total. The Morgan fingerprint density at radius 2 is 1.04 bits per heavy atom. The molecule has 4 heteroatoms. The van der Waals surface area contributed by atoms with Crippen molar-refractivity contribution in [1.82, 2.24) is 10.6 Å². The molecular formula is C20H38N2O2. The molecule has 4 nitrogen and oxygen atoms in total. The van der Waals surface area contributed by atoms with Gasteiger partial charge in [0.1, 0.15) is 11.6 Å². The van der Waals surface area contributed by atoms with Crippen LogP contribution in [0.2, 0.25) is 0 Å². The lowest BCUT2D eigenvalue weighted by Gasteiger charge is -2.34. The second-order valence-electron chi connectivity index (χ2n) is 7.83. The second kappa shape index (κ2) is 11.8. The first-order valence-corrected chi connectivity index (χ1v) is 9.78. The van der Waals surface area contributed by atoms with Crippen LogP contribution < -0.4 is 10.6 Å². The fraction of sp³-hybridized carbons (Fsp3) is 0.900. The van der Waals surface area contributed by atoms with Crippen LogP contribution in [-0.2, 0) is 9.59 Å². The topological polar surface area (TPSA) is 58.2 Å². The molecule has 0 heterocycles. The summed E-state index contributed by atoms with van der Waals surface area (Å²) in [6, 6.07) is 1.62. The average Bonchev–Trinajstić information content (AvgIpc) is 2.55. The lowest BCUT2D eigenvalue weighted by Crippen LogP contribution is -2.33. The van der Waals surface area contributed by atoms with E-state index in [9.17, 15) is 9.59 Å². The molecule has 2 rings (SSSR count). The van der Waals surface area contributed by atoms with Gasteiger partial charge in [-0.3, -0.25) is 9.59 Å². The first-order chi connectivity index (χ1) is 11.4.